The van der Waals surface area contributed by atoms with Crippen LogP contribution in [-0.4, -0.2) is 42.4 Å². The number of rotatable bonds is 13. The molecule has 0 saturated heterocycles. The fraction of sp³-hybridized carbons (Fsp3) is 0.286. The zero-order valence-corrected chi connectivity index (χ0v) is 28.0. The molecule has 0 radical (unpaired) electrons. The van der Waals surface area contributed by atoms with E-state index >= 15 is 0 Å². The second-order valence-corrected chi connectivity index (χ2v) is 11.5. The molecule has 0 N–H and O–H groups in total. The molecule has 13 heteroatoms. The van der Waals surface area contributed by atoms with E-state index in [4.69, 9.17) is 23.7 Å². The number of hydrogen-bond acceptors (Lipinski definition) is 11. The van der Waals surface area contributed by atoms with E-state index in [1.807, 2.05) is 44.2 Å². The molecule has 5 rings (SSSR count). The van der Waals surface area contributed by atoms with Crippen molar-refractivity contribution in [2.75, 3.05) is 26.9 Å². The van der Waals surface area contributed by atoms with Crippen LogP contribution in [0.3, 0.4) is 0 Å². The summed E-state index contributed by atoms with van der Waals surface area (Å²) in [7, 11) is 1.43. The van der Waals surface area contributed by atoms with Crippen molar-refractivity contribution in [1.29, 1.82) is 0 Å². The minimum atomic E-state index is -0.921. The highest BCUT2D eigenvalue weighted by molar-refractivity contribution is 7.07. The van der Waals surface area contributed by atoms with Gasteiger partial charge in [-0.3, -0.25) is 19.5 Å². The smallest absolute Gasteiger partial charge is 0.338 e. The summed E-state index contributed by atoms with van der Waals surface area (Å²) in [6.45, 7) is 8.15. The van der Waals surface area contributed by atoms with Crippen LogP contribution in [0.2, 0.25) is 0 Å². The Labute approximate surface area is 280 Å². The topological polar surface area (TPSA) is 141 Å². The lowest BCUT2D eigenvalue weighted by molar-refractivity contribution is -0.385. The number of ether oxygens (including phenoxy) is 5. The number of hydrogen-bond donors (Lipinski definition) is 0. The molecule has 0 aliphatic carbocycles. The van der Waals surface area contributed by atoms with Crippen molar-refractivity contribution in [2.24, 2.45) is 4.99 Å². The number of nitro groups is 1. The minimum absolute atomic E-state index is 0.122. The van der Waals surface area contributed by atoms with E-state index < -0.39 is 22.5 Å². The Kier molecular flexibility index (Phi) is 10.6. The summed E-state index contributed by atoms with van der Waals surface area (Å²) in [6.07, 6.45) is 1.43. The first-order chi connectivity index (χ1) is 23.2. The van der Waals surface area contributed by atoms with Gasteiger partial charge in [-0.1, -0.05) is 47.7 Å². The fourth-order valence-corrected chi connectivity index (χ4v) is 6.37. The van der Waals surface area contributed by atoms with Gasteiger partial charge in [0.1, 0.15) is 6.61 Å². The normalized spacial score (nSPS) is 14.2. The summed E-state index contributed by atoms with van der Waals surface area (Å²) < 4.78 is 30.0. The van der Waals surface area contributed by atoms with Crippen molar-refractivity contribution in [3.63, 3.8) is 0 Å². The number of nitrogens with zero attached hydrogens (tertiary/aromatic N) is 3. The van der Waals surface area contributed by atoms with Crippen LogP contribution in [0.5, 0.6) is 23.0 Å². The molecule has 1 aromatic heterocycles. The first kappa shape index (κ1) is 33.9. The number of thiazole rings is 1. The highest BCUT2D eigenvalue weighted by Crippen LogP contribution is 2.37. The van der Waals surface area contributed by atoms with Gasteiger partial charge in [-0.05, 0) is 63.1 Å². The average Bonchev–Trinajstić information content (AvgIpc) is 3.38. The average molecular weight is 674 g/mol. The van der Waals surface area contributed by atoms with E-state index in [0.29, 0.717) is 40.8 Å². The van der Waals surface area contributed by atoms with Gasteiger partial charge >= 0.3 is 5.97 Å². The zero-order chi connectivity index (χ0) is 34.4. The highest BCUT2D eigenvalue weighted by atomic mass is 32.1. The van der Waals surface area contributed by atoms with Crippen LogP contribution in [0.15, 0.2) is 81.7 Å². The summed E-state index contributed by atoms with van der Waals surface area (Å²) >= 11 is 1.05. The number of benzene rings is 3. The third kappa shape index (κ3) is 6.95. The van der Waals surface area contributed by atoms with Crippen LogP contribution in [0, 0.1) is 10.1 Å². The summed E-state index contributed by atoms with van der Waals surface area (Å²) in [4.78, 5) is 44.2. The predicted octanol–water partition coefficient (Wildman–Crippen LogP) is 5.09. The Hall–Kier alpha value is -5.43. The quantitative estimate of drug-likeness (QED) is 0.108. The lowest BCUT2D eigenvalue weighted by atomic mass is 9.95. The largest absolute Gasteiger partial charge is 0.493 e. The number of nitro benzene ring substituents is 1. The molecule has 250 valence electrons. The first-order valence-electron chi connectivity index (χ1n) is 15.3. The Morgan fingerprint density at radius 2 is 1.67 bits per heavy atom. The third-order valence-electron chi connectivity index (χ3n) is 7.43. The van der Waals surface area contributed by atoms with Crippen LogP contribution >= 0.6 is 11.3 Å². The second-order valence-electron chi connectivity index (χ2n) is 10.5. The van der Waals surface area contributed by atoms with Crippen LogP contribution in [0.1, 0.15) is 50.4 Å². The molecule has 1 aliphatic rings. The van der Waals surface area contributed by atoms with Crippen molar-refractivity contribution in [1.82, 2.24) is 4.57 Å². The highest BCUT2D eigenvalue weighted by Gasteiger charge is 2.34. The van der Waals surface area contributed by atoms with Crippen molar-refractivity contribution >= 4 is 29.1 Å². The number of esters is 1. The molecule has 2 heterocycles. The van der Waals surface area contributed by atoms with E-state index in [1.54, 1.807) is 32.0 Å². The van der Waals surface area contributed by atoms with Gasteiger partial charge in [0.25, 0.3) is 11.2 Å². The van der Waals surface area contributed by atoms with Crippen LogP contribution in [0.4, 0.5) is 5.69 Å². The number of carbonyl (C=O) groups excluding carboxylic acids is 1. The van der Waals surface area contributed by atoms with E-state index in [1.165, 1.54) is 29.9 Å². The van der Waals surface area contributed by atoms with Crippen molar-refractivity contribution in [2.45, 2.75) is 40.3 Å². The molecule has 1 aliphatic heterocycles. The van der Waals surface area contributed by atoms with Gasteiger partial charge in [0.05, 0.1) is 65.3 Å². The standard InChI is InChI=1S/C35H35N3O9S/c1-6-44-26-15-14-23(16-28(26)45-7-2)32-31(34(40)46-8-3)21(4)36-35-37(32)33(39)30(48-35)18-24-17-27(43-5)29(19-25(24)38(41)42)47-20-22-12-10-9-11-13-22/h9-19,32H,6-8,20H2,1-5H3/b30-18-/t32-/m0/s1. The number of allylic oxidation sites excluding steroid dienone is 1. The molecule has 0 fully saturated rings. The molecule has 0 unspecified atom stereocenters. The monoisotopic (exact) mass is 673 g/mol. The maximum absolute atomic E-state index is 14.2. The van der Waals surface area contributed by atoms with Gasteiger partial charge in [-0.15, -0.1) is 0 Å². The lowest BCUT2D eigenvalue weighted by Gasteiger charge is -2.25. The molecule has 4 aromatic rings. The second kappa shape index (κ2) is 15.0. The zero-order valence-electron chi connectivity index (χ0n) is 27.2. The summed E-state index contributed by atoms with van der Waals surface area (Å²) in [6, 6.07) is 16.4. The fourth-order valence-electron chi connectivity index (χ4n) is 5.33. The molecule has 48 heavy (non-hydrogen) atoms. The number of fused-ring (bicyclic) bond motifs is 1. The van der Waals surface area contributed by atoms with Gasteiger partial charge in [0, 0.05) is 0 Å². The van der Waals surface area contributed by atoms with Crippen LogP contribution in [0.25, 0.3) is 6.08 Å². The maximum Gasteiger partial charge on any atom is 0.338 e. The Bertz CT molecular complexity index is 2050. The van der Waals surface area contributed by atoms with Crippen molar-refractivity contribution < 1.29 is 33.4 Å². The van der Waals surface area contributed by atoms with E-state index in [-0.39, 0.29) is 46.1 Å². The van der Waals surface area contributed by atoms with Crippen molar-refractivity contribution in [3.8, 4) is 23.0 Å². The van der Waals surface area contributed by atoms with Crippen LogP contribution in [-0.2, 0) is 16.1 Å². The molecule has 0 bridgehead atoms. The molecule has 12 nitrogen and oxygen atoms in total. The molecular formula is C35H35N3O9S. The molecule has 3 aromatic carbocycles. The van der Waals surface area contributed by atoms with Crippen LogP contribution < -0.4 is 33.8 Å². The molecular weight excluding hydrogens is 638 g/mol. The Balaban J connectivity index is 1.66. The van der Waals surface area contributed by atoms with Gasteiger partial charge in [-0.25, -0.2) is 9.79 Å². The van der Waals surface area contributed by atoms with E-state index in [2.05, 4.69) is 4.99 Å². The predicted molar refractivity (Wildman–Crippen MR) is 180 cm³/mol. The lowest BCUT2D eigenvalue weighted by Crippen LogP contribution is -2.40. The van der Waals surface area contributed by atoms with E-state index in [0.717, 1.165) is 16.9 Å². The SMILES string of the molecule is CCOC(=O)C1=C(C)N=c2s/c(=C\c3cc(OC)c(OCc4ccccc4)cc3[N+](=O)[O-])c(=O)n2[C@H]1c1ccc(OCC)c(OCC)c1. The Morgan fingerprint density at radius 1 is 0.958 bits per heavy atom. The molecule has 0 saturated carbocycles. The molecule has 1 atom stereocenters. The van der Waals surface area contributed by atoms with Gasteiger partial charge < -0.3 is 23.7 Å². The third-order valence-corrected chi connectivity index (χ3v) is 8.42. The first-order valence-corrected chi connectivity index (χ1v) is 16.1. The van der Waals surface area contributed by atoms with Gasteiger partial charge in [-0.2, -0.15) is 0 Å². The maximum atomic E-state index is 14.2. The van der Waals surface area contributed by atoms with E-state index in [9.17, 15) is 19.7 Å². The molecule has 0 amide bonds. The summed E-state index contributed by atoms with van der Waals surface area (Å²) in [5, 5.41) is 12.2. The van der Waals surface area contributed by atoms with Gasteiger partial charge in [0.2, 0.25) is 0 Å². The number of carbonyl (C=O) groups is 1. The van der Waals surface area contributed by atoms with Gasteiger partial charge in [0.15, 0.2) is 27.8 Å². The summed E-state index contributed by atoms with van der Waals surface area (Å²) in [5.74, 6) is 0.797. The molecule has 0 spiro atoms. The summed E-state index contributed by atoms with van der Waals surface area (Å²) in [5.41, 5.74) is 1.37. The minimum Gasteiger partial charge on any atom is -0.493 e. The number of methoxy groups -OCH3 is 1. The Morgan fingerprint density at radius 3 is 2.33 bits per heavy atom. The number of aromatic nitrogens is 1. The van der Waals surface area contributed by atoms with Crippen molar-refractivity contribution in [3.05, 3.63) is 118 Å².